The highest BCUT2D eigenvalue weighted by Gasteiger charge is 2.29. The number of halogens is 1. The molecule has 2 aromatic heterocycles. The molecule has 5 rings (SSSR count). The highest BCUT2D eigenvalue weighted by molar-refractivity contribution is 7.18. The first kappa shape index (κ1) is 24.4. The Morgan fingerprint density at radius 1 is 1.09 bits per heavy atom. The van der Waals surface area contributed by atoms with Crippen LogP contribution in [0.5, 0.6) is 0 Å². The van der Waals surface area contributed by atoms with Gasteiger partial charge in [-0.15, -0.1) is 11.3 Å². The average molecular weight is 504 g/mol. The summed E-state index contributed by atoms with van der Waals surface area (Å²) < 4.78 is 14.8. The fraction of sp³-hybridized carbons (Fsp3) is 0.680. The predicted molar refractivity (Wildman–Crippen MR) is 133 cm³/mol. The Kier molecular flexibility index (Phi) is 7.48. The zero-order chi connectivity index (χ0) is 24.4. The quantitative estimate of drug-likeness (QED) is 0.654. The van der Waals surface area contributed by atoms with E-state index in [4.69, 9.17) is 0 Å². The molecule has 1 saturated heterocycles. The van der Waals surface area contributed by atoms with Crippen LogP contribution < -0.4 is 10.9 Å². The van der Waals surface area contributed by atoms with Crippen molar-refractivity contribution >= 4 is 33.4 Å². The molecule has 2 aliphatic carbocycles. The number of aromatic nitrogens is 2. The first-order valence-corrected chi connectivity index (χ1v) is 13.7. The first-order chi connectivity index (χ1) is 17.0. The average Bonchev–Trinajstić information content (AvgIpc) is 3.26. The summed E-state index contributed by atoms with van der Waals surface area (Å²) in [6.07, 6.45) is 8.27. The van der Waals surface area contributed by atoms with Crippen molar-refractivity contribution in [2.24, 2.45) is 0 Å². The number of nitrogens with one attached hydrogen (secondary N) is 1. The predicted octanol–water partition coefficient (Wildman–Crippen LogP) is 2.27. The Hall–Kier alpha value is -2.33. The van der Waals surface area contributed by atoms with E-state index in [2.05, 4.69) is 15.2 Å². The lowest BCUT2D eigenvalue weighted by Crippen LogP contribution is -2.53. The molecule has 1 aliphatic heterocycles. The molecule has 35 heavy (non-hydrogen) atoms. The third-order valence-corrected chi connectivity index (χ3v) is 8.93. The minimum absolute atomic E-state index is 0.0302. The summed E-state index contributed by atoms with van der Waals surface area (Å²) in [4.78, 5) is 48.8. The number of amides is 2. The highest BCUT2D eigenvalue weighted by atomic mass is 32.1. The van der Waals surface area contributed by atoms with Crippen LogP contribution in [0.25, 0.3) is 10.2 Å². The zero-order valence-corrected chi connectivity index (χ0v) is 21.0. The molecule has 0 spiro atoms. The summed E-state index contributed by atoms with van der Waals surface area (Å²) in [5.74, 6) is -0.263. The normalized spacial score (nSPS) is 23.3. The number of carbonyl (C=O) groups is 2. The summed E-state index contributed by atoms with van der Waals surface area (Å²) in [6, 6.07) is 0.440. The molecule has 0 radical (unpaired) electrons. The maximum Gasteiger partial charge on any atom is 0.262 e. The van der Waals surface area contributed by atoms with Gasteiger partial charge in [-0.25, -0.2) is 9.37 Å². The van der Waals surface area contributed by atoms with Gasteiger partial charge in [0.05, 0.1) is 11.7 Å². The third kappa shape index (κ3) is 5.43. The van der Waals surface area contributed by atoms with Crippen LogP contribution in [0.1, 0.15) is 55.4 Å². The van der Waals surface area contributed by atoms with Crippen LogP contribution >= 0.6 is 11.3 Å². The van der Waals surface area contributed by atoms with Crippen molar-refractivity contribution in [3.05, 3.63) is 27.1 Å². The van der Waals surface area contributed by atoms with Crippen LogP contribution in [0.15, 0.2) is 11.1 Å². The van der Waals surface area contributed by atoms with Gasteiger partial charge in [0.2, 0.25) is 11.8 Å². The largest absolute Gasteiger partial charge is 0.354 e. The summed E-state index contributed by atoms with van der Waals surface area (Å²) >= 11 is 1.59. The van der Waals surface area contributed by atoms with Gasteiger partial charge in [-0.1, -0.05) is 0 Å². The number of thiophene rings is 1. The van der Waals surface area contributed by atoms with Crippen LogP contribution in [-0.4, -0.2) is 76.1 Å². The summed E-state index contributed by atoms with van der Waals surface area (Å²) in [5.41, 5.74) is 0.961. The standard InChI is InChI=1S/C25H34FN5O3S/c26-17-5-7-18(8-6-17)29-11-13-30(14-12-29)22(33)9-10-27-21(32)15-31-16-28-24-23(25(31)34)19-3-1-2-4-20(19)35-24/h16-18H,1-15H2,(H,27,32). The van der Waals surface area contributed by atoms with Gasteiger partial charge < -0.3 is 10.2 Å². The van der Waals surface area contributed by atoms with E-state index >= 15 is 0 Å². The minimum atomic E-state index is -0.650. The molecule has 0 atom stereocenters. The molecule has 1 N–H and O–H groups in total. The van der Waals surface area contributed by atoms with Crippen LogP contribution in [0.2, 0.25) is 0 Å². The summed E-state index contributed by atoms with van der Waals surface area (Å²) in [5, 5.41) is 3.45. The van der Waals surface area contributed by atoms with E-state index in [-0.39, 0.29) is 36.9 Å². The molecule has 2 amide bonds. The topological polar surface area (TPSA) is 87.5 Å². The van der Waals surface area contributed by atoms with Crippen LogP contribution in [-0.2, 0) is 29.0 Å². The molecule has 2 fully saturated rings. The second kappa shape index (κ2) is 10.7. The van der Waals surface area contributed by atoms with Gasteiger partial charge in [0, 0.05) is 50.1 Å². The van der Waals surface area contributed by atoms with E-state index in [1.807, 2.05) is 4.90 Å². The van der Waals surface area contributed by atoms with Crippen molar-refractivity contribution in [1.82, 2.24) is 24.7 Å². The summed E-state index contributed by atoms with van der Waals surface area (Å²) in [7, 11) is 0. The molecular weight excluding hydrogens is 469 g/mol. The molecule has 3 aliphatic rings. The lowest BCUT2D eigenvalue weighted by molar-refractivity contribution is -0.133. The second-order valence-corrected chi connectivity index (χ2v) is 11.1. The van der Waals surface area contributed by atoms with Crippen molar-refractivity contribution in [2.75, 3.05) is 32.7 Å². The lowest BCUT2D eigenvalue weighted by atomic mass is 9.92. The molecule has 0 unspecified atom stereocenters. The number of alkyl halides is 1. The van der Waals surface area contributed by atoms with Crippen LogP contribution in [0.3, 0.4) is 0 Å². The van der Waals surface area contributed by atoms with E-state index in [9.17, 15) is 18.8 Å². The molecule has 3 heterocycles. The van der Waals surface area contributed by atoms with E-state index in [1.54, 1.807) is 11.3 Å². The Morgan fingerprint density at radius 2 is 1.83 bits per heavy atom. The Balaban J connectivity index is 1.08. The molecule has 190 valence electrons. The maximum atomic E-state index is 13.4. The second-order valence-electron chi connectivity index (χ2n) is 9.99. The lowest BCUT2D eigenvalue weighted by Gasteiger charge is -2.41. The fourth-order valence-corrected chi connectivity index (χ4v) is 6.93. The first-order valence-electron chi connectivity index (χ1n) is 12.9. The molecule has 8 nitrogen and oxygen atoms in total. The highest BCUT2D eigenvalue weighted by Crippen LogP contribution is 2.33. The number of hydrogen-bond donors (Lipinski definition) is 1. The number of aryl methyl sites for hydroxylation is 2. The van der Waals surface area contributed by atoms with Gasteiger partial charge in [0.1, 0.15) is 17.5 Å². The molecule has 1 saturated carbocycles. The van der Waals surface area contributed by atoms with Crippen molar-refractivity contribution < 1.29 is 14.0 Å². The van der Waals surface area contributed by atoms with E-state index in [0.29, 0.717) is 37.4 Å². The molecule has 0 aromatic carbocycles. The van der Waals surface area contributed by atoms with Crippen LogP contribution in [0, 0.1) is 0 Å². The number of rotatable bonds is 6. The monoisotopic (exact) mass is 503 g/mol. The van der Waals surface area contributed by atoms with Crippen molar-refractivity contribution in [3.8, 4) is 0 Å². The van der Waals surface area contributed by atoms with Crippen molar-refractivity contribution in [2.45, 2.75) is 76.5 Å². The number of fused-ring (bicyclic) bond motifs is 3. The molecule has 2 aromatic rings. The fourth-order valence-electron chi connectivity index (χ4n) is 5.71. The third-order valence-electron chi connectivity index (χ3n) is 7.73. The summed E-state index contributed by atoms with van der Waals surface area (Å²) in [6.45, 7) is 3.15. The number of hydrogen-bond acceptors (Lipinski definition) is 6. The van der Waals surface area contributed by atoms with Crippen molar-refractivity contribution in [3.63, 3.8) is 0 Å². The van der Waals surface area contributed by atoms with Gasteiger partial charge in [-0.3, -0.25) is 23.9 Å². The van der Waals surface area contributed by atoms with E-state index < -0.39 is 6.17 Å². The van der Waals surface area contributed by atoms with Gasteiger partial charge in [0.25, 0.3) is 5.56 Å². The SMILES string of the molecule is O=C(Cn1cnc2sc3c(c2c1=O)CCCC3)NCCC(=O)N1CCN(C2CCC(F)CC2)CC1. The van der Waals surface area contributed by atoms with E-state index in [1.165, 1.54) is 15.8 Å². The molecule has 0 bridgehead atoms. The van der Waals surface area contributed by atoms with Gasteiger partial charge in [-0.05, 0) is 56.9 Å². The smallest absolute Gasteiger partial charge is 0.262 e. The van der Waals surface area contributed by atoms with Gasteiger partial charge in [-0.2, -0.15) is 0 Å². The number of nitrogens with zero attached hydrogens (tertiary/aromatic N) is 4. The Morgan fingerprint density at radius 3 is 2.60 bits per heavy atom. The maximum absolute atomic E-state index is 13.4. The van der Waals surface area contributed by atoms with Crippen LogP contribution in [0.4, 0.5) is 4.39 Å². The Bertz CT molecular complexity index is 1130. The molecule has 10 heteroatoms. The minimum Gasteiger partial charge on any atom is -0.354 e. The zero-order valence-electron chi connectivity index (χ0n) is 20.1. The van der Waals surface area contributed by atoms with Gasteiger partial charge >= 0.3 is 0 Å². The van der Waals surface area contributed by atoms with Crippen molar-refractivity contribution in [1.29, 1.82) is 0 Å². The Labute approximate surface area is 208 Å². The molecular formula is C25H34FN5O3S. The van der Waals surface area contributed by atoms with E-state index in [0.717, 1.165) is 62.0 Å². The number of piperazine rings is 1. The number of carbonyl (C=O) groups excluding carboxylic acids is 2. The van der Waals surface area contributed by atoms with Gasteiger partial charge in [0.15, 0.2) is 0 Å².